The largest absolute Gasteiger partial charge is 0.346 e. The van der Waals surface area contributed by atoms with E-state index < -0.39 is 17.8 Å². The lowest BCUT2D eigenvalue weighted by atomic mass is 10.1. The molecule has 1 aromatic rings. The van der Waals surface area contributed by atoms with Crippen molar-refractivity contribution in [1.29, 1.82) is 0 Å². The molecule has 0 radical (unpaired) electrons. The Morgan fingerprint density at radius 1 is 1.40 bits per heavy atom. The molecule has 0 saturated carbocycles. The Morgan fingerprint density at radius 2 is 2.05 bits per heavy atom. The van der Waals surface area contributed by atoms with Gasteiger partial charge in [-0.1, -0.05) is 13.8 Å². The molecule has 0 aromatic heterocycles. The molecule has 0 aliphatic carbocycles. The Balaban J connectivity index is 2.48. The predicted molar refractivity (Wildman–Crippen MR) is 78.6 cm³/mol. The molecule has 0 heterocycles. The normalized spacial score (nSPS) is 12.1. The monoisotopic (exact) mass is 345 g/mol. The zero-order chi connectivity index (χ0) is 15.3. The lowest BCUT2D eigenvalue weighted by Crippen LogP contribution is -2.46. The van der Waals surface area contributed by atoms with Gasteiger partial charge >= 0.3 is 0 Å². The molecule has 1 aromatic carbocycles. The van der Waals surface area contributed by atoms with Crippen LogP contribution >= 0.6 is 15.9 Å². The summed E-state index contributed by atoms with van der Waals surface area (Å²) in [6.45, 7) is 3.45. The molecule has 2 amide bonds. The summed E-state index contributed by atoms with van der Waals surface area (Å²) in [6.07, 6.45) is 0. The van der Waals surface area contributed by atoms with Crippen LogP contribution in [0.1, 0.15) is 13.8 Å². The number of carbonyl (C=O) groups is 2. The maximum absolute atomic E-state index is 13.0. The number of halogens is 2. The molecular formula is C13H17BrFN3O2. The number of anilines is 1. The first kappa shape index (κ1) is 16.6. The number of benzene rings is 1. The fraction of sp³-hybridized carbons (Fsp3) is 0.385. The van der Waals surface area contributed by atoms with Crippen molar-refractivity contribution < 1.29 is 14.0 Å². The lowest BCUT2D eigenvalue weighted by molar-refractivity contribution is -0.125. The van der Waals surface area contributed by atoms with Crippen molar-refractivity contribution in [2.45, 2.75) is 19.9 Å². The molecule has 0 bridgehead atoms. The Morgan fingerprint density at radius 3 is 2.60 bits per heavy atom. The molecule has 0 saturated heterocycles. The maximum atomic E-state index is 13.0. The van der Waals surface area contributed by atoms with Crippen molar-refractivity contribution in [2.24, 2.45) is 11.7 Å². The van der Waals surface area contributed by atoms with Crippen LogP contribution in [0.15, 0.2) is 22.7 Å². The van der Waals surface area contributed by atoms with Gasteiger partial charge in [-0.05, 0) is 40.0 Å². The molecule has 1 atom stereocenters. The fourth-order valence-corrected chi connectivity index (χ4v) is 1.75. The molecular weight excluding hydrogens is 329 g/mol. The summed E-state index contributed by atoms with van der Waals surface area (Å²) in [5, 5.41) is 4.99. The second-order valence-corrected chi connectivity index (χ2v) is 5.52. The van der Waals surface area contributed by atoms with Gasteiger partial charge in [0.25, 0.3) is 0 Å². The second-order valence-electron chi connectivity index (χ2n) is 4.66. The standard InChI is InChI=1S/C13H17BrFN3O2/c1-7(2)12(16)13(20)17-6-11(19)18-8-3-4-10(15)9(14)5-8/h3-5,7,12H,6,16H2,1-2H3,(H,17,20)(H,18,19)/t12-/m0/s1. The van der Waals surface area contributed by atoms with E-state index in [9.17, 15) is 14.0 Å². The average Bonchev–Trinajstić information content (AvgIpc) is 2.39. The molecule has 5 nitrogen and oxygen atoms in total. The van der Waals surface area contributed by atoms with Gasteiger partial charge in [-0.15, -0.1) is 0 Å². The molecule has 0 spiro atoms. The third-order valence-corrected chi connectivity index (χ3v) is 3.26. The first-order valence-corrected chi connectivity index (χ1v) is 6.88. The van der Waals surface area contributed by atoms with E-state index in [1.54, 1.807) is 0 Å². The third-order valence-electron chi connectivity index (χ3n) is 2.65. The SMILES string of the molecule is CC(C)[C@H](N)C(=O)NCC(=O)Nc1ccc(F)c(Br)c1. The van der Waals surface area contributed by atoms with Crippen LogP contribution in [0.5, 0.6) is 0 Å². The van der Waals surface area contributed by atoms with Crippen LogP contribution in [-0.2, 0) is 9.59 Å². The topological polar surface area (TPSA) is 84.2 Å². The van der Waals surface area contributed by atoms with Crippen molar-refractivity contribution in [3.8, 4) is 0 Å². The van der Waals surface area contributed by atoms with Crippen molar-refractivity contribution in [3.63, 3.8) is 0 Å². The number of hydrogen-bond acceptors (Lipinski definition) is 3. The van der Waals surface area contributed by atoms with Gasteiger partial charge in [0.15, 0.2) is 0 Å². The van der Waals surface area contributed by atoms with Crippen LogP contribution in [0.2, 0.25) is 0 Å². The van der Waals surface area contributed by atoms with Crippen molar-refractivity contribution >= 4 is 33.4 Å². The molecule has 0 fully saturated rings. The summed E-state index contributed by atoms with van der Waals surface area (Å²) in [4.78, 5) is 23.2. The van der Waals surface area contributed by atoms with Crippen LogP contribution < -0.4 is 16.4 Å². The number of nitrogens with one attached hydrogen (secondary N) is 2. The highest BCUT2D eigenvalue weighted by Crippen LogP contribution is 2.19. The van der Waals surface area contributed by atoms with Gasteiger partial charge in [-0.25, -0.2) is 4.39 Å². The van der Waals surface area contributed by atoms with Crippen LogP contribution in [0, 0.1) is 11.7 Å². The summed E-state index contributed by atoms with van der Waals surface area (Å²) >= 11 is 3.02. The number of carbonyl (C=O) groups excluding carboxylic acids is 2. The minimum atomic E-state index is -0.650. The van der Waals surface area contributed by atoms with E-state index in [0.29, 0.717) is 5.69 Å². The maximum Gasteiger partial charge on any atom is 0.243 e. The van der Waals surface area contributed by atoms with Gasteiger partial charge in [0.05, 0.1) is 17.1 Å². The highest BCUT2D eigenvalue weighted by atomic mass is 79.9. The van der Waals surface area contributed by atoms with Crippen molar-refractivity contribution in [2.75, 3.05) is 11.9 Å². The van der Waals surface area contributed by atoms with E-state index >= 15 is 0 Å². The van der Waals surface area contributed by atoms with Gasteiger partial charge < -0.3 is 16.4 Å². The minimum Gasteiger partial charge on any atom is -0.346 e. The lowest BCUT2D eigenvalue weighted by Gasteiger charge is -2.15. The molecule has 0 unspecified atom stereocenters. The quantitative estimate of drug-likeness (QED) is 0.758. The molecule has 110 valence electrons. The predicted octanol–water partition coefficient (Wildman–Crippen LogP) is 1.63. The van der Waals surface area contributed by atoms with E-state index in [0.717, 1.165) is 0 Å². The molecule has 7 heteroatoms. The summed E-state index contributed by atoms with van der Waals surface area (Å²) in [5.74, 6) is -1.21. The van der Waals surface area contributed by atoms with Crippen LogP contribution in [-0.4, -0.2) is 24.4 Å². The van der Waals surface area contributed by atoms with Crippen LogP contribution in [0.4, 0.5) is 10.1 Å². The zero-order valence-electron chi connectivity index (χ0n) is 11.2. The van der Waals surface area contributed by atoms with E-state index in [2.05, 4.69) is 26.6 Å². The highest BCUT2D eigenvalue weighted by Gasteiger charge is 2.17. The minimum absolute atomic E-state index is 0.00823. The second kappa shape index (κ2) is 7.35. The summed E-state index contributed by atoms with van der Waals surface area (Å²) in [6, 6.07) is 3.45. The Kier molecular flexibility index (Phi) is 6.09. The first-order valence-electron chi connectivity index (χ1n) is 6.09. The molecule has 0 aliphatic rings. The number of amides is 2. The average molecular weight is 346 g/mol. The summed E-state index contributed by atoms with van der Waals surface area (Å²) < 4.78 is 13.3. The van der Waals surface area contributed by atoms with E-state index in [-0.39, 0.29) is 22.8 Å². The number of nitrogens with two attached hydrogens (primary N) is 1. The van der Waals surface area contributed by atoms with Gasteiger partial charge in [0.2, 0.25) is 11.8 Å². The highest BCUT2D eigenvalue weighted by molar-refractivity contribution is 9.10. The van der Waals surface area contributed by atoms with Gasteiger partial charge in [-0.3, -0.25) is 9.59 Å². The Labute approximate surface area is 125 Å². The number of hydrogen-bond donors (Lipinski definition) is 3. The van der Waals surface area contributed by atoms with E-state index in [1.807, 2.05) is 13.8 Å². The molecule has 20 heavy (non-hydrogen) atoms. The zero-order valence-corrected chi connectivity index (χ0v) is 12.8. The Hall–Kier alpha value is -1.47. The van der Waals surface area contributed by atoms with E-state index in [4.69, 9.17) is 5.73 Å². The summed E-state index contributed by atoms with van der Waals surface area (Å²) in [7, 11) is 0. The van der Waals surface area contributed by atoms with Crippen LogP contribution in [0.25, 0.3) is 0 Å². The first-order chi connectivity index (χ1) is 9.31. The third kappa shape index (κ3) is 4.90. The van der Waals surface area contributed by atoms with E-state index in [1.165, 1.54) is 18.2 Å². The van der Waals surface area contributed by atoms with Gasteiger partial charge in [0.1, 0.15) is 5.82 Å². The molecule has 0 aliphatic heterocycles. The number of rotatable bonds is 5. The van der Waals surface area contributed by atoms with Crippen molar-refractivity contribution in [3.05, 3.63) is 28.5 Å². The summed E-state index contributed by atoms with van der Waals surface area (Å²) in [5.41, 5.74) is 6.08. The smallest absolute Gasteiger partial charge is 0.243 e. The van der Waals surface area contributed by atoms with Gasteiger partial charge in [0, 0.05) is 5.69 Å². The molecule has 4 N–H and O–H groups in total. The molecule has 1 rings (SSSR count). The van der Waals surface area contributed by atoms with Crippen LogP contribution in [0.3, 0.4) is 0 Å². The van der Waals surface area contributed by atoms with Gasteiger partial charge in [-0.2, -0.15) is 0 Å². The Bertz CT molecular complexity index is 508. The van der Waals surface area contributed by atoms with Crippen molar-refractivity contribution in [1.82, 2.24) is 5.32 Å². The fourth-order valence-electron chi connectivity index (χ4n) is 1.37.